The SMILES string of the molecule is CC1(C)OB(C(=Cc2[nH]nc(N)c2C#N)CNC(=O)OCc2ccccc2)OC1(C)C. The van der Waals surface area contributed by atoms with Crippen LogP contribution >= 0.6 is 0 Å². The first-order chi connectivity index (χ1) is 14.6. The maximum atomic E-state index is 12.2. The molecule has 1 amide bonds. The van der Waals surface area contributed by atoms with Gasteiger partial charge in [-0.05, 0) is 44.8 Å². The molecule has 3 rings (SSSR count). The lowest BCUT2D eigenvalue weighted by molar-refractivity contribution is 0.00578. The molecule has 2 heterocycles. The van der Waals surface area contributed by atoms with E-state index >= 15 is 0 Å². The number of benzene rings is 1. The Hall–Kier alpha value is -3.29. The van der Waals surface area contributed by atoms with Crippen LogP contribution in [0.1, 0.15) is 44.5 Å². The van der Waals surface area contributed by atoms with E-state index in [1.165, 1.54) is 0 Å². The second-order valence-corrected chi connectivity index (χ2v) is 8.23. The van der Waals surface area contributed by atoms with E-state index in [4.69, 9.17) is 19.8 Å². The van der Waals surface area contributed by atoms with Gasteiger partial charge in [-0.1, -0.05) is 30.3 Å². The Kier molecular flexibility index (Phi) is 6.38. The van der Waals surface area contributed by atoms with Crippen molar-refractivity contribution in [1.82, 2.24) is 15.5 Å². The number of nitrogen functional groups attached to an aromatic ring is 1. The van der Waals surface area contributed by atoms with Crippen LogP contribution in [0.4, 0.5) is 10.6 Å². The molecule has 1 fully saturated rings. The predicted molar refractivity (Wildman–Crippen MR) is 116 cm³/mol. The first-order valence-corrected chi connectivity index (χ1v) is 9.87. The summed E-state index contributed by atoms with van der Waals surface area (Å²) in [6.45, 7) is 7.95. The number of ether oxygens (including phenoxy) is 1. The minimum absolute atomic E-state index is 0.0776. The summed E-state index contributed by atoms with van der Waals surface area (Å²) in [5.41, 5.74) is 6.67. The van der Waals surface area contributed by atoms with E-state index in [1.54, 1.807) is 6.08 Å². The van der Waals surface area contributed by atoms with Gasteiger partial charge >= 0.3 is 13.2 Å². The number of nitrogens with two attached hydrogens (primary N) is 1. The lowest BCUT2D eigenvalue weighted by Crippen LogP contribution is -2.41. The highest BCUT2D eigenvalue weighted by Gasteiger charge is 2.52. The van der Waals surface area contributed by atoms with Crippen molar-refractivity contribution in [3.8, 4) is 6.07 Å². The van der Waals surface area contributed by atoms with Crippen molar-refractivity contribution in [2.24, 2.45) is 0 Å². The van der Waals surface area contributed by atoms with Gasteiger partial charge in [-0.3, -0.25) is 5.10 Å². The normalized spacial score (nSPS) is 17.3. The molecule has 9 nitrogen and oxygen atoms in total. The van der Waals surface area contributed by atoms with Crippen molar-refractivity contribution in [2.75, 3.05) is 12.3 Å². The van der Waals surface area contributed by atoms with Crippen molar-refractivity contribution in [1.29, 1.82) is 5.26 Å². The number of anilines is 1. The Labute approximate surface area is 181 Å². The Morgan fingerprint density at radius 1 is 1.29 bits per heavy atom. The number of aromatic amines is 1. The molecule has 0 radical (unpaired) electrons. The Morgan fingerprint density at radius 3 is 2.55 bits per heavy atom. The van der Waals surface area contributed by atoms with Crippen molar-refractivity contribution in [2.45, 2.75) is 45.5 Å². The molecule has 0 unspecified atom stereocenters. The van der Waals surface area contributed by atoms with Crippen LogP contribution in [-0.2, 0) is 20.7 Å². The number of aromatic nitrogens is 2. The van der Waals surface area contributed by atoms with E-state index in [1.807, 2.05) is 64.1 Å². The second kappa shape index (κ2) is 8.84. The molecular weight excluding hydrogens is 397 g/mol. The van der Waals surface area contributed by atoms with Crippen LogP contribution in [0.2, 0.25) is 0 Å². The Morgan fingerprint density at radius 2 is 1.94 bits per heavy atom. The Balaban J connectivity index is 1.76. The van der Waals surface area contributed by atoms with Gasteiger partial charge in [0.2, 0.25) is 0 Å². The molecule has 1 aromatic carbocycles. The van der Waals surface area contributed by atoms with Gasteiger partial charge in [0.15, 0.2) is 5.82 Å². The largest absolute Gasteiger partial charge is 0.492 e. The number of rotatable bonds is 6. The van der Waals surface area contributed by atoms with Crippen LogP contribution < -0.4 is 11.1 Å². The number of alkyl carbamates (subject to hydrolysis) is 1. The molecule has 0 atom stereocenters. The maximum absolute atomic E-state index is 12.2. The lowest BCUT2D eigenvalue weighted by Gasteiger charge is -2.32. The number of hydrogen-bond acceptors (Lipinski definition) is 7. The third kappa shape index (κ3) is 5.07. The Bertz CT molecular complexity index is 995. The summed E-state index contributed by atoms with van der Waals surface area (Å²) < 4.78 is 17.5. The van der Waals surface area contributed by atoms with Crippen LogP contribution in [-0.4, -0.2) is 41.2 Å². The summed E-state index contributed by atoms with van der Waals surface area (Å²) in [5, 5.41) is 18.7. The smallest absolute Gasteiger partial charge is 0.445 e. The number of carbonyl (C=O) groups is 1. The predicted octanol–water partition coefficient (Wildman–Crippen LogP) is 2.80. The van der Waals surface area contributed by atoms with Gasteiger partial charge in [-0.2, -0.15) is 10.4 Å². The lowest BCUT2D eigenvalue weighted by atomic mass is 9.77. The number of H-pyrrole nitrogens is 1. The number of hydrogen-bond donors (Lipinski definition) is 3. The first-order valence-electron chi connectivity index (χ1n) is 9.87. The summed E-state index contributed by atoms with van der Waals surface area (Å²) in [5.74, 6) is 0.0947. The summed E-state index contributed by atoms with van der Waals surface area (Å²) in [6.07, 6.45) is 1.07. The molecule has 1 aliphatic heterocycles. The number of nitrogens with zero attached hydrogens (tertiary/aromatic N) is 2. The third-order valence-electron chi connectivity index (χ3n) is 5.47. The minimum atomic E-state index is -0.740. The van der Waals surface area contributed by atoms with Crippen molar-refractivity contribution in [3.63, 3.8) is 0 Å². The molecule has 0 saturated carbocycles. The summed E-state index contributed by atoms with van der Waals surface area (Å²) in [7, 11) is -0.740. The molecular formula is C21H26BN5O4. The zero-order chi connectivity index (χ0) is 22.6. The molecule has 2 aromatic rings. The molecule has 162 valence electrons. The molecule has 1 aliphatic rings. The van der Waals surface area contributed by atoms with Crippen LogP contribution in [0.25, 0.3) is 6.08 Å². The molecule has 0 spiro atoms. The van der Waals surface area contributed by atoms with Crippen LogP contribution in [0.15, 0.2) is 35.8 Å². The monoisotopic (exact) mass is 423 g/mol. The summed E-state index contributed by atoms with van der Waals surface area (Å²) in [6, 6.07) is 11.4. The topological polar surface area (TPSA) is 135 Å². The molecule has 1 aromatic heterocycles. The van der Waals surface area contributed by atoms with Gasteiger partial charge in [0.25, 0.3) is 0 Å². The molecule has 1 saturated heterocycles. The van der Waals surface area contributed by atoms with E-state index in [0.29, 0.717) is 11.2 Å². The van der Waals surface area contributed by atoms with Crippen molar-refractivity contribution < 1.29 is 18.8 Å². The zero-order valence-electron chi connectivity index (χ0n) is 18.1. The average molecular weight is 423 g/mol. The van der Waals surface area contributed by atoms with Crippen molar-refractivity contribution in [3.05, 3.63) is 52.6 Å². The zero-order valence-corrected chi connectivity index (χ0v) is 18.1. The van der Waals surface area contributed by atoms with Gasteiger partial charge in [0, 0.05) is 6.54 Å². The highest BCUT2D eigenvalue weighted by Crippen LogP contribution is 2.38. The molecule has 0 aliphatic carbocycles. The third-order valence-corrected chi connectivity index (χ3v) is 5.47. The number of nitriles is 1. The van der Waals surface area contributed by atoms with Gasteiger partial charge in [0.1, 0.15) is 18.2 Å². The van der Waals surface area contributed by atoms with Crippen LogP contribution in [0.5, 0.6) is 0 Å². The van der Waals surface area contributed by atoms with Crippen LogP contribution in [0.3, 0.4) is 0 Å². The quantitative estimate of drug-likeness (QED) is 0.608. The van der Waals surface area contributed by atoms with Gasteiger partial charge in [0.05, 0.1) is 16.9 Å². The van der Waals surface area contributed by atoms with Gasteiger partial charge < -0.3 is 25.1 Å². The maximum Gasteiger partial charge on any atom is 0.492 e. The van der Waals surface area contributed by atoms with E-state index in [-0.39, 0.29) is 24.5 Å². The fourth-order valence-electron chi connectivity index (χ4n) is 2.92. The van der Waals surface area contributed by atoms with E-state index < -0.39 is 24.4 Å². The summed E-state index contributed by atoms with van der Waals surface area (Å²) in [4.78, 5) is 12.2. The molecule has 10 heteroatoms. The van der Waals surface area contributed by atoms with Crippen LogP contribution in [0, 0.1) is 11.3 Å². The van der Waals surface area contributed by atoms with Gasteiger partial charge in [-0.15, -0.1) is 0 Å². The number of amides is 1. The highest BCUT2D eigenvalue weighted by molar-refractivity contribution is 6.56. The van der Waals surface area contributed by atoms with E-state index in [9.17, 15) is 10.1 Å². The second-order valence-electron chi connectivity index (χ2n) is 8.23. The molecule has 4 N–H and O–H groups in total. The summed E-state index contributed by atoms with van der Waals surface area (Å²) >= 11 is 0. The molecule has 0 bridgehead atoms. The fourth-order valence-corrected chi connectivity index (χ4v) is 2.92. The van der Waals surface area contributed by atoms with Gasteiger partial charge in [-0.25, -0.2) is 4.79 Å². The minimum Gasteiger partial charge on any atom is -0.445 e. The average Bonchev–Trinajstić information content (AvgIpc) is 3.18. The van der Waals surface area contributed by atoms with E-state index in [2.05, 4.69) is 15.5 Å². The molecule has 31 heavy (non-hydrogen) atoms. The van der Waals surface area contributed by atoms with Crippen molar-refractivity contribution >= 4 is 25.1 Å². The van der Waals surface area contributed by atoms with E-state index in [0.717, 1.165) is 5.56 Å². The highest BCUT2D eigenvalue weighted by atomic mass is 16.7. The number of carbonyl (C=O) groups excluding carboxylic acids is 1. The fraction of sp³-hybridized carbons (Fsp3) is 0.381. The number of nitrogens with one attached hydrogen (secondary N) is 2. The standard InChI is InChI=1S/C21H26BN5O4/c1-20(2)21(3,4)31-22(30-20)15(10-17-16(11-23)18(24)27-26-17)12-25-19(28)29-13-14-8-6-5-7-9-14/h5-10H,12-13H2,1-4H3,(H,25,28)(H3,24,26,27). The first kappa shape index (κ1) is 22.4.